The summed E-state index contributed by atoms with van der Waals surface area (Å²) >= 11 is 0. The standard InChI is InChI=1S/C9H9N3O/c10-12-11-9(6-7-13)8-4-2-1-3-5-8/h1-6,13H,7H2/b9-6-. The molecule has 0 saturated carbocycles. The normalized spacial score (nSPS) is 10.7. The molecule has 0 aliphatic carbocycles. The van der Waals surface area contributed by atoms with Crippen molar-refractivity contribution in [3.05, 3.63) is 52.4 Å². The van der Waals surface area contributed by atoms with Gasteiger partial charge in [0.05, 0.1) is 6.61 Å². The van der Waals surface area contributed by atoms with E-state index in [0.717, 1.165) is 5.56 Å². The molecule has 0 aromatic heterocycles. The molecule has 0 spiro atoms. The summed E-state index contributed by atoms with van der Waals surface area (Å²) in [5.74, 6) is 0. The number of hydrogen-bond acceptors (Lipinski definition) is 2. The van der Waals surface area contributed by atoms with Crippen molar-refractivity contribution in [3.8, 4) is 0 Å². The molecule has 0 bridgehead atoms. The highest BCUT2D eigenvalue weighted by molar-refractivity contribution is 5.64. The zero-order valence-electron chi connectivity index (χ0n) is 6.96. The van der Waals surface area contributed by atoms with Crippen molar-refractivity contribution in [1.82, 2.24) is 0 Å². The maximum Gasteiger partial charge on any atom is 0.0620 e. The Hall–Kier alpha value is -1.77. The smallest absolute Gasteiger partial charge is 0.0620 e. The minimum atomic E-state index is -0.136. The molecule has 13 heavy (non-hydrogen) atoms. The lowest BCUT2D eigenvalue weighted by atomic mass is 10.1. The number of aliphatic hydroxyl groups is 1. The lowest BCUT2D eigenvalue weighted by Gasteiger charge is -1.98. The molecule has 1 N–H and O–H groups in total. The summed E-state index contributed by atoms with van der Waals surface area (Å²) in [6.45, 7) is -0.136. The molecule has 1 rings (SSSR count). The van der Waals surface area contributed by atoms with Crippen LogP contribution >= 0.6 is 0 Å². The number of azide groups is 1. The molecule has 1 aromatic rings. The van der Waals surface area contributed by atoms with E-state index < -0.39 is 0 Å². The quantitative estimate of drug-likeness (QED) is 0.427. The topological polar surface area (TPSA) is 69.0 Å². The molecular formula is C9H9N3O. The van der Waals surface area contributed by atoms with Gasteiger partial charge in [-0.1, -0.05) is 35.4 Å². The molecule has 4 nitrogen and oxygen atoms in total. The number of rotatable bonds is 3. The lowest BCUT2D eigenvalue weighted by molar-refractivity contribution is 0.343. The summed E-state index contributed by atoms with van der Waals surface area (Å²) in [6, 6.07) is 9.18. The minimum Gasteiger partial charge on any atom is -0.392 e. The molecule has 0 aliphatic heterocycles. The van der Waals surface area contributed by atoms with Crippen molar-refractivity contribution in [3.63, 3.8) is 0 Å². The summed E-state index contributed by atoms with van der Waals surface area (Å²) in [7, 11) is 0. The van der Waals surface area contributed by atoms with Gasteiger partial charge >= 0.3 is 0 Å². The Kier molecular flexibility index (Phi) is 3.57. The van der Waals surface area contributed by atoms with Crippen LogP contribution in [-0.4, -0.2) is 11.7 Å². The molecular weight excluding hydrogens is 166 g/mol. The van der Waals surface area contributed by atoms with Crippen LogP contribution in [0.4, 0.5) is 0 Å². The Morgan fingerprint density at radius 2 is 2.15 bits per heavy atom. The van der Waals surface area contributed by atoms with Gasteiger partial charge < -0.3 is 5.11 Å². The molecule has 1 aromatic carbocycles. The van der Waals surface area contributed by atoms with E-state index in [4.69, 9.17) is 10.6 Å². The monoisotopic (exact) mass is 175 g/mol. The van der Waals surface area contributed by atoms with E-state index in [-0.39, 0.29) is 6.61 Å². The van der Waals surface area contributed by atoms with Gasteiger partial charge in [0, 0.05) is 10.6 Å². The van der Waals surface area contributed by atoms with Crippen LogP contribution in [0.25, 0.3) is 16.1 Å². The number of benzene rings is 1. The number of nitrogens with zero attached hydrogens (tertiary/aromatic N) is 3. The van der Waals surface area contributed by atoms with E-state index in [2.05, 4.69) is 10.0 Å². The highest BCUT2D eigenvalue weighted by atomic mass is 16.2. The first-order valence-corrected chi connectivity index (χ1v) is 3.80. The average Bonchev–Trinajstić information content (AvgIpc) is 2.19. The zero-order valence-corrected chi connectivity index (χ0v) is 6.96. The second kappa shape index (κ2) is 4.98. The van der Waals surface area contributed by atoms with Gasteiger partial charge in [-0.05, 0) is 17.2 Å². The highest BCUT2D eigenvalue weighted by Crippen LogP contribution is 2.14. The zero-order chi connectivity index (χ0) is 9.52. The first kappa shape index (κ1) is 9.32. The third kappa shape index (κ3) is 2.63. The third-order valence-corrected chi connectivity index (χ3v) is 1.51. The highest BCUT2D eigenvalue weighted by Gasteiger charge is 1.95. The van der Waals surface area contributed by atoms with E-state index in [9.17, 15) is 0 Å². The van der Waals surface area contributed by atoms with E-state index in [1.54, 1.807) is 0 Å². The van der Waals surface area contributed by atoms with Crippen LogP contribution in [0.1, 0.15) is 5.56 Å². The SMILES string of the molecule is [N-]=[N+]=N/C(=C\CO)c1ccccc1. The van der Waals surface area contributed by atoms with Crippen molar-refractivity contribution >= 4 is 5.70 Å². The second-order valence-corrected chi connectivity index (χ2v) is 2.33. The van der Waals surface area contributed by atoms with E-state index in [0.29, 0.717) is 5.70 Å². The number of aliphatic hydroxyl groups excluding tert-OH is 1. The summed E-state index contributed by atoms with van der Waals surface area (Å²) in [6.07, 6.45) is 1.47. The van der Waals surface area contributed by atoms with Crippen LogP contribution < -0.4 is 0 Å². The van der Waals surface area contributed by atoms with Crippen molar-refractivity contribution in [2.45, 2.75) is 0 Å². The Morgan fingerprint density at radius 3 is 2.69 bits per heavy atom. The average molecular weight is 175 g/mol. The predicted octanol–water partition coefficient (Wildman–Crippen LogP) is 2.33. The van der Waals surface area contributed by atoms with Crippen LogP contribution in [0.3, 0.4) is 0 Å². The van der Waals surface area contributed by atoms with Crippen LogP contribution in [-0.2, 0) is 0 Å². The lowest BCUT2D eigenvalue weighted by Crippen LogP contribution is -1.81. The van der Waals surface area contributed by atoms with Crippen molar-refractivity contribution in [2.75, 3.05) is 6.61 Å². The molecule has 0 heterocycles. The molecule has 0 fully saturated rings. The van der Waals surface area contributed by atoms with E-state index in [1.165, 1.54) is 6.08 Å². The Bertz CT molecular complexity index is 339. The number of hydrogen-bond donors (Lipinski definition) is 1. The van der Waals surface area contributed by atoms with Crippen molar-refractivity contribution < 1.29 is 5.11 Å². The van der Waals surface area contributed by atoms with Crippen molar-refractivity contribution in [1.29, 1.82) is 0 Å². The summed E-state index contributed by atoms with van der Waals surface area (Å²) in [4.78, 5) is 2.68. The minimum absolute atomic E-state index is 0.136. The van der Waals surface area contributed by atoms with Crippen LogP contribution in [0.2, 0.25) is 0 Å². The Morgan fingerprint density at radius 1 is 1.46 bits per heavy atom. The molecule has 0 atom stereocenters. The third-order valence-electron chi connectivity index (χ3n) is 1.51. The molecule has 0 radical (unpaired) electrons. The van der Waals surface area contributed by atoms with E-state index in [1.807, 2.05) is 30.3 Å². The van der Waals surface area contributed by atoms with Gasteiger partial charge in [-0.3, -0.25) is 0 Å². The molecule has 0 aliphatic rings. The van der Waals surface area contributed by atoms with Crippen molar-refractivity contribution in [2.24, 2.45) is 5.11 Å². The summed E-state index contributed by atoms with van der Waals surface area (Å²) in [5, 5.41) is 12.1. The molecule has 66 valence electrons. The fourth-order valence-corrected chi connectivity index (χ4v) is 0.960. The molecule has 0 saturated heterocycles. The molecule has 0 amide bonds. The van der Waals surface area contributed by atoms with Gasteiger partial charge in [-0.2, -0.15) is 0 Å². The maximum absolute atomic E-state index is 8.66. The first-order valence-electron chi connectivity index (χ1n) is 3.80. The van der Waals surface area contributed by atoms with Gasteiger partial charge in [0.1, 0.15) is 0 Å². The largest absolute Gasteiger partial charge is 0.392 e. The van der Waals surface area contributed by atoms with Gasteiger partial charge in [-0.25, -0.2) is 0 Å². The van der Waals surface area contributed by atoms with Gasteiger partial charge in [-0.15, -0.1) is 0 Å². The summed E-state index contributed by atoms with van der Waals surface area (Å²) < 4.78 is 0. The second-order valence-electron chi connectivity index (χ2n) is 2.33. The van der Waals surface area contributed by atoms with Gasteiger partial charge in [0.15, 0.2) is 0 Å². The molecule has 0 unspecified atom stereocenters. The Labute approximate surface area is 75.8 Å². The van der Waals surface area contributed by atoms with Gasteiger partial charge in [0.25, 0.3) is 0 Å². The summed E-state index contributed by atoms with van der Waals surface area (Å²) in [5.41, 5.74) is 9.51. The van der Waals surface area contributed by atoms with Crippen LogP contribution in [0, 0.1) is 0 Å². The maximum atomic E-state index is 8.66. The predicted molar refractivity (Wildman–Crippen MR) is 50.7 cm³/mol. The van der Waals surface area contributed by atoms with Gasteiger partial charge in [0.2, 0.25) is 0 Å². The first-order chi connectivity index (χ1) is 6.38. The van der Waals surface area contributed by atoms with Crippen LogP contribution in [0.5, 0.6) is 0 Å². The molecule has 4 heteroatoms. The fourth-order valence-electron chi connectivity index (χ4n) is 0.960. The fraction of sp³-hybridized carbons (Fsp3) is 0.111. The van der Waals surface area contributed by atoms with Crippen LogP contribution in [0.15, 0.2) is 41.5 Å². The van der Waals surface area contributed by atoms with E-state index >= 15 is 0 Å². The Balaban J connectivity index is 3.03.